The smallest absolute Gasteiger partial charge is 0.397 e. The van der Waals surface area contributed by atoms with Crippen LogP contribution in [0.1, 0.15) is 23.4 Å². The van der Waals surface area contributed by atoms with Crippen LogP contribution in [-0.2, 0) is 4.74 Å². The minimum atomic E-state index is -0.623. The highest BCUT2D eigenvalue weighted by molar-refractivity contribution is 5.84. The maximum Gasteiger partial charge on any atom is 0.397 e. The topological polar surface area (TPSA) is 78.4 Å². The summed E-state index contributed by atoms with van der Waals surface area (Å²) < 4.78 is 14.6. The van der Waals surface area contributed by atoms with Crippen molar-refractivity contribution in [3.8, 4) is 11.4 Å². The van der Waals surface area contributed by atoms with Gasteiger partial charge in [-0.15, -0.1) is 0 Å². The van der Waals surface area contributed by atoms with Crippen LogP contribution < -0.4 is 0 Å². The highest BCUT2D eigenvalue weighted by atomic mass is 16.6. The van der Waals surface area contributed by atoms with Gasteiger partial charge in [-0.25, -0.2) is 4.79 Å². The molecule has 0 amide bonds. The second kappa shape index (κ2) is 4.18. The van der Waals surface area contributed by atoms with Crippen molar-refractivity contribution >= 4 is 5.97 Å². The first-order valence-corrected chi connectivity index (χ1v) is 4.77. The van der Waals surface area contributed by atoms with Crippen LogP contribution in [0.3, 0.4) is 0 Å². The molecule has 84 valence electrons. The van der Waals surface area contributed by atoms with Gasteiger partial charge in [0.2, 0.25) is 5.82 Å². The minimum absolute atomic E-state index is 0.155. The molecule has 2 aromatic heterocycles. The number of furan rings is 1. The molecule has 0 aliphatic rings. The molecule has 0 radical (unpaired) electrons. The van der Waals surface area contributed by atoms with Crippen LogP contribution >= 0.6 is 0 Å². The van der Waals surface area contributed by atoms with Gasteiger partial charge in [-0.2, -0.15) is 4.98 Å². The molecule has 0 saturated carbocycles. The second-order valence-corrected chi connectivity index (χ2v) is 3.03. The maximum atomic E-state index is 11.3. The maximum absolute atomic E-state index is 11.3. The molecule has 6 heteroatoms. The summed E-state index contributed by atoms with van der Waals surface area (Å²) in [6, 6.07) is 1.70. The number of ether oxygens (including phenoxy) is 1. The van der Waals surface area contributed by atoms with Gasteiger partial charge < -0.3 is 13.7 Å². The number of carbonyl (C=O) groups excluding carboxylic acids is 1. The Bertz CT molecular complexity index is 500. The molecule has 0 bridgehead atoms. The standard InChI is InChI=1S/C10H10N2O4/c1-3-14-10(13)9-11-8(12-16-9)7-4-5-15-6(7)2/h4-5H,3H2,1-2H3. The van der Waals surface area contributed by atoms with Crippen LogP contribution in [0, 0.1) is 6.92 Å². The van der Waals surface area contributed by atoms with E-state index >= 15 is 0 Å². The fraction of sp³-hybridized carbons (Fsp3) is 0.300. The molecule has 0 saturated heterocycles. The molecule has 2 rings (SSSR count). The Morgan fingerprint density at radius 2 is 2.38 bits per heavy atom. The summed E-state index contributed by atoms with van der Waals surface area (Å²) in [5.41, 5.74) is 0.694. The lowest BCUT2D eigenvalue weighted by atomic mass is 10.2. The number of hydrogen-bond acceptors (Lipinski definition) is 6. The summed E-state index contributed by atoms with van der Waals surface area (Å²) in [6.45, 7) is 3.74. The van der Waals surface area contributed by atoms with Crippen molar-refractivity contribution in [2.24, 2.45) is 0 Å². The lowest BCUT2D eigenvalue weighted by Crippen LogP contribution is -2.04. The number of carbonyl (C=O) groups is 1. The Morgan fingerprint density at radius 3 is 3.00 bits per heavy atom. The normalized spacial score (nSPS) is 10.4. The Labute approximate surface area is 91.2 Å². The van der Waals surface area contributed by atoms with Gasteiger partial charge in [-0.05, 0) is 19.9 Å². The number of aromatic nitrogens is 2. The number of nitrogens with zero attached hydrogens (tertiary/aromatic N) is 2. The van der Waals surface area contributed by atoms with Crippen molar-refractivity contribution in [1.29, 1.82) is 0 Å². The van der Waals surface area contributed by atoms with Gasteiger partial charge in [0.25, 0.3) is 0 Å². The van der Waals surface area contributed by atoms with Crippen LogP contribution in [0.4, 0.5) is 0 Å². The van der Waals surface area contributed by atoms with Gasteiger partial charge in [-0.1, -0.05) is 5.16 Å². The van der Waals surface area contributed by atoms with Crippen molar-refractivity contribution in [2.75, 3.05) is 6.61 Å². The largest absolute Gasteiger partial charge is 0.469 e. The van der Waals surface area contributed by atoms with Crippen LogP contribution in [0.15, 0.2) is 21.3 Å². The third-order valence-electron chi connectivity index (χ3n) is 1.98. The van der Waals surface area contributed by atoms with E-state index in [0.29, 0.717) is 17.1 Å². The van der Waals surface area contributed by atoms with E-state index in [2.05, 4.69) is 10.1 Å². The molecule has 0 spiro atoms. The summed E-state index contributed by atoms with van der Waals surface area (Å²) in [5, 5.41) is 3.68. The van der Waals surface area contributed by atoms with Gasteiger partial charge in [0.1, 0.15) is 5.76 Å². The first-order chi connectivity index (χ1) is 7.72. The fourth-order valence-corrected chi connectivity index (χ4v) is 1.23. The van der Waals surface area contributed by atoms with Crippen molar-refractivity contribution in [3.63, 3.8) is 0 Å². The first-order valence-electron chi connectivity index (χ1n) is 4.77. The zero-order valence-electron chi connectivity index (χ0n) is 8.89. The molecular weight excluding hydrogens is 212 g/mol. The van der Waals surface area contributed by atoms with E-state index in [1.807, 2.05) is 0 Å². The molecule has 0 aliphatic carbocycles. The first kappa shape index (κ1) is 10.4. The van der Waals surface area contributed by atoms with Crippen LogP contribution in [0.25, 0.3) is 11.4 Å². The van der Waals surface area contributed by atoms with Crippen LogP contribution in [0.2, 0.25) is 0 Å². The minimum Gasteiger partial charge on any atom is -0.469 e. The van der Waals surface area contributed by atoms with Crippen molar-refractivity contribution in [3.05, 3.63) is 24.0 Å². The SMILES string of the molecule is CCOC(=O)c1nc(-c2ccoc2C)no1. The second-order valence-electron chi connectivity index (χ2n) is 3.03. The third-order valence-corrected chi connectivity index (χ3v) is 1.98. The van der Waals surface area contributed by atoms with Gasteiger partial charge in [0.15, 0.2) is 0 Å². The highest BCUT2D eigenvalue weighted by Crippen LogP contribution is 2.21. The molecular formula is C10H10N2O4. The zero-order valence-corrected chi connectivity index (χ0v) is 8.89. The highest BCUT2D eigenvalue weighted by Gasteiger charge is 2.18. The lowest BCUT2D eigenvalue weighted by Gasteiger charge is -1.93. The van der Waals surface area contributed by atoms with E-state index in [9.17, 15) is 4.79 Å². The molecule has 16 heavy (non-hydrogen) atoms. The molecule has 0 unspecified atom stereocenters. The molecule has 2 heterocycles. The van der Waals surface area contributed by atoms with E-state index in [1.54, 1.807) is 19.9 Å². The number of rotatable bonds is 3. The fourth-order valence-electron chi connectivity index (χ4n) is 1.23. The third kappa shape index (κ3) is 1.81. The average Bonchev–Trinajstić information content (AvgIpc) is 2.86. The number of hydrogen-bond donors (Lipinski definition) is 0. The summed E-state index contributed by atoms with van der Waals surface area (Å²) >= 11 is 0. The van der Waals surface area contributed by atoms with E-state index in [4.69, 9.17) is 13.7 Å². The summed E-state index contributed by atoms with van der Waals surface area (Å²) in [6.07, 6.45) is 1.52. The van der Waals surface area contributed by atoms with E-state index < -0.39 is 5.97 Å². The molecule has 0 fully saturated rings. The van der Waals surface area contributed by atoms with Gasteiger partial charge in [0.05, 0.1) is 18.4 Å². The molecule has 6 nitrogen and oxygen atoms in total. The van der Waals surface area contributed by atoms with Crippen molar-refractivity contribution in [2.45, 2.75) is 13.8 Å². The molecule has 0 aromatic carbocycles. The Kier molecular flexibility index (Phi) is 2.72. The Balaban J connectivity index is 2.26. The quantitative estimate of drug-likeness (QED) is 0.737. The van der Waals surface area contributed by atoms with E-state index in [0.717, 1.165) is 0 Å². The van der Waals surface area contributed by atoms with E-state index in [1.165, 1.54) is 6.26 Å². The predicted molar refractivity (Wildman–Crippen MR) is 52.7 cm³/mol. The van der Waals surface area contributed by atoms with Gasteiger partial charge in [0, 0.05) is 0 Å². The summed E-state index contributed by atoms with van der Waals surface area (Å²) in [5.74, 6) is 0.199. The van der Waals surface area contributed by atoms with Crippen LogP contribution in [-0.4, -0.2) is 22.7 Å². The molecule has 2 aromatic rings. The monoisotopic (exact) mass is 222 g/mol. The van der Waals surface area contributed by atoms with Crippen molar-refractivity contribution in [1.82, 2.24) is 10.1 Å². The van der Waals surface area contributed by atoms with E-state index in [-0.39, 0.29) is 12.5 Å². The lowest BCUT2D eigenvalue weighted by molar-refractivity contribution is 0.0470. The molecule has 0 aliphatic heterocycles. The Morgan fingerprint density at radius 1 is 1.56 bits per heavy atom. The Hall–Kier alpha value is -2.11. The number of esters is 1. The molecule has 0 N–H and O–H groups in total. The average molecular weight is 222 g/mol. The molecule has 0 atom stereocenters. The predicted octanol–water partition coefficient (Wildman–Crippen LogP) is 1.81. The summed E-state index contributed by atoms with van der Waals surface area (Å²) in [4.78, 5) is 15.2. The number of aryl methyl sites for hydroxylation is 1. The van der Waals surface area contributed by atoms with Gasteiger partial charge in [-0.3, -0.25) is 0 Å². The van der Waals surface area contributed by atoms with Crippen molar-refractivity contribution < 1.29 is 18.5 Å². The van der Waals surface area contributed by atoms with Crippen LogP contribution in [0.5, 0.6) is 0 Å². The zero-order chi connectivity index (χ0) is 11.5. The van der Waals surface area contributed by atoms with Gasteiger partial charge >= 0.3 is 11.9 Å². The summed E-state index contributed by atoms with van der Waals surface area (Å²) in [7, 11) is 0.